The van der Waals surface area contributed by atoms with Crippen molar-refractivity contribution in [2.24, 2.45) is 17.3 Å². The number of rotatable bonds is 7. The zero-order valence-corrected chi connectivity index (χ0v) is 32.8. The Morgan fingerprint density at radius 2 is 1.60 bits per heavy atom. The zero-order valence-electron chi connectivity index (χ0n) is 32.8. The zero-order chi connectivity index (χ0) is 37.3. The Hall–Kier alpha value is -3.37. The van der Waals surface area contributed by atoms with E-state index in [1.807, 2.05) is 25.1 Å². The van der Waals surface area contributed by atoms with Crippen LogP contribution >= 0.6 is 0 Å². The van der Waals surface area contributed by atoms with Crippen molar-refractivity contribution in [1.82, 2.24) is 4.90 Å². The lowest BCUT2D eigenvalue weighted by molar-refractivity contribution is -0.114. The second kappa shape index (κ2) is 15.5. The molecule has 5 aliphatic rings. The Morgan fingerprint density at radius 1 is 0.904 bits per heavy atom. The van der Waals surface area contributed by atoms with Crippen LogP contribution in [0.5, 0.6) is 5.75 Å². The van der Waals surface area contributed by atoms with E-state index in [-0.39, 0.29) is 23.0 Å². The number of ether oxygens (including phenoxy) is 1. The van der Waals surface area contributed by atoms with E-state index in [2.05, 4.69) is 93.2 Å². The van der Waals surface area contributed by atoms with Gasteiger partial charge in [0, 0.05) is 50.0 Å². The molecule has 3 fully saturated rings. The highest BCUT2D eigenvalue weighted by molar-refractivity contribution is 5.93. The van der Waals surface area contributed by atoms with E-state index in [0.717, 1.165) is 76.5 Å². The summed E-state index contributed by atoms with van der Waals surface area (Å²) in [5.41, 5.74) is 6.37. The number of anilines is 1. The largest absolute Gasteiger partial charge is 0.497 e. The van der Waals surface area contributed by atoms with Crippen LogP contribution in [0.4, 0.5) is 5.69 Å². The lowest BCUT2D eigenvalue weighted by atomic mass is 9.51. The normalized spacial score (nSPS) is 29.7. The summed E-state index contributed by atoms with van der Waals surface area (Å²) >= 11 is 0. The van der Waals surface area contributed by atoms with Crippen molar-refractivity contribution in [1.29, 1.82) is 0 Å². The van der Waals surface area contributed by atoms with Gasteiger partial charge in [0.15, 0.2) is 5.78 Å². The number of methoxy groups -OCH3 is 1. The third kappa shape index (κ3) is 7.39. The van der Waals surface area contributed by atoms with Crippen molar-refractivity contribution < 1.29 is 19.7 Å². The number of fused-ring (bicyclic) bond motifs is 4. The molecule has 5 aliphatic carbocycles. The Balaban J connectivity index is 0.000000200. The second-order valence-electron chi connectivity index (χ2n) is 17.0. The Labute approximate surface area is 313 Å². The molecule has 0 radical (unpaired) electrons. The van der Waals surface area contributed by atoms with E-state index in [1.54, 1.807) is 12.7 Å². The minimum atomic E-state index is -0.914. The van der Waals surface area contributed by atoms with Crippen LogP contribution in [0.2, 0.25) is 0 Å². The van der Waals surface area contributed by atoms with E-state index in [1.165, 1.54) is 34.4 Å². The number of nitrogens with zero attached hydrogens (tertiary/aromatic N) is 2. The minimum Gasteiger partial charge on any atom is -0.497 e. The van der Waals surface area contributed by atoms with E-state index in [4.69, 9.17) is 4.74 Å². The van der Waals surface area contributed by atoms with Gasteiger partial charge in [-0.05, 0) is 137 Å². The van der Waals surface area contributed by atoms with Gasteiger partial charge in [-0.15, -0.1) is 5.92 Å². The maximum absolute atomic E-state index is 12.2. The molecule has 0 heterocycles. The van der Waals surface area contributed by atoms with Crippen LogP contribution in [0.15, 0.2) is 71.3 Å². The molecule has 0 saturated heterocycles. The summed E-state index contributed by atoms with van der Waals surface area (Å²) in [7, 11) is 9.97. The Morgan fingerprint density at radius 3 is 2.21 bits per heavy atom. The summed E-state index contributed by atoms with van der Waals surface area (Å²) < 4.78 is 5.23. The monoisotopic (exact) mass is 706 g/mol. The van der Waals surface area contributed by atoms with E-state index in [9.17, 15) is 15.0 Å². The number of likely N-dealkylation sites (N-methyl/N-ethyl adjacent to an activating group) is 1. The van der Waals surface area contributed by atoms with Gasteiger partial charge in [0.05, 0.1) is 12.7 Å². The molecule has 1 unspecified atom stereocenters. The Kier molecular flexibility index (Phi) is 11.5. The van der Waals surface area contributed by atoms with Gasteiger partial charge in [-0.25, -0.2) is 0 Å². The molecule has 0 spiro atoms. The Bertz CT molecular complexity index is 1700. The van der Waals surface area contributed by atoms with Crippen molar-refractivity contribution in [2.45, 2.75) is 114 Å². The molecular weight excluding hydrogens is 645 g/mol. The van der Waals surface area contributed by atoms with Gasteiger partial charge >= 0.3 is 0 Å². The van der Waals surface area contributed by atoms with Crippen LogP contribution in [-0.4, -0.2) is 73.9 Å². The first-order valence-corrected chi connectivity index (χ1v) is 19.7. The van der Waals surface area contributed by atoms with Gasteiger partial charge in [-0.2, -0.15) is 0 Å². The first kappa shape index (κ1) is 38.4. The quantitative estimate of drug-likeness (QED) is 0.282. The van der Waals surface area contributed by atoms with Crippen molar-refractivity contribution in [3.8, 4) is 17.6 Å². The van der Waals surface area contributed by atoms with Crippen molar-refractivity contribution in [3.63, 3.8) is 0 Å². The lowest BCUT2D eigenvalue weighted by Crippen LogP contribution is -2.51. The third-order valence-corrected chi connectivity index (χ3v) is 13.5. The van der Waals surface area contributed by atoms with Gasteiger partial charge in [0.2, 0.25) is 0 Å². The fourth-order valence-corrected chi connectivity index (χ4v) is 10.7. The highest BCUT2D eigenvalue weighted by atomic mass is 16.5. The van der Waals surface area contributed by atoms with Crippen molar-refractivity contribution >= 4 is 11.5 Å². The molecule has 0 aromatic heterocycles. The smallest absolute Gasteiger partial charge is 0.156 e. The van der Waals surface area contributed by atoms with Gasteiger partial charge in [-0.1, -0.05) is 61.9 Å². The maximum atomic E-state index is 12.2. The average Bonchev–Trinajstić information content (AvgIpc) is 3.40. The average molecular weight is 707 g/mol. The molecule has 280 valence electrons. The predicted octanol–water partition coefficient (Wildman–Crippen LogP) is 8.44. The standard InChI is InChI=1S/C29H35NO2.C17H27NO2/c1-5-15-29(32)16-14-26-24-12-8-20-17-22(31)11-13-23(20)27(24)25(18-28(26,29)2)19-6-9-21(10-7-19)30(3)4;1-18(2)13-16(17(19)11-5-4-6-12-17)14-7-9-15(20-3)10-8-14/h6-7,9-10,17,24-26,32H,8,11-14,16,18H2,1-4H3;7-10,16,19H,4-6,11-13H2,1-3H3/t24-,25+,26-,28-,29-;/m0./s1. The minimum absolute atomic E-state index is 0.170. The highest BCUT2D eigenvalue weighted by Gasteiger charge is 2.62. The van der Waals surface area contributed by atoms with Crippen LogP contribution in [-0.2, 0) is 4.79 Å². The van der Waals surface area contributed by atoms with Crippen molar-refractivity contribution in [2.75, 3.05) is 46.7 Å². The number of hydrogen-bond donors (Lipinski definition) is 2. The van der Waals surface area contributed by atoms with Gasteiger partial charge in [-0.3, -0.25) is 4.79 Å². The van der Waals surface area contributed by atoms with E-state index >= 15 is 0 Å². The lowest BCUT2D eigenvalue weighted by Gasteiger charge is -2.53. The summed E-state index contributed by atoms with van der Waals surface area (Å²) in [5, 5.41) is 22.8. The highest BCUT2D eigenvalue weighted by Crippen LogP contribution is 2.66. The molecule has 52 heavy (non-hydrogen) atoms. The number of allylic oxidation sites excluding steroid dienone is 4. The molecule has 3 saturated carbocycles. The molecular formula is C46H62N2O4. The summed E-state index contributed by atoms with van der Waals surface area (Å²) in [6.07, 6.45) is 13.6. The van der Waals surface area contributed by atoms with E-state index < -0.39 is 11.2 Å². The molecule has 6 nitrogen and oxygen atoms in total. The number of carbonyl (C=O) groups excluding carboxylic acids is 1. The molecule has 6 atom stereocenters. The van der Waals surface area contributed by atoms with Gasteiger partial charge in [0.25, 0.3) is 0 Å². The summed E-state index contributed by atoms with van der Waals surface area (Å²) in [6, 6.07) is 17.1. The van der Waals surface area contributed by atoms with Crippen LogP contribution in [0, 0.1) is 29.1 Å². The molecule has 0 amide bonds. The number of ketones is 1. The predicted molar refractivity (Wildman–Crippen MR) is 212 cm³/mol. The topological polar surface area (TPSA) is 73.2 Å². The fourth-order valence-electron chi connectivity index (χ4n) is 10.7. The van der Waals surface area contributed by atoms with Crippen LogP contribution in [0.3, 0.4) is 0 Å². The first-order valence-electron chi connectivity index (χ1n) is 19.7. The molecule has 6 heteroatoms. The first-order chi connectivity index (χ1) is 24.8. The number of benzene rings is 2. The van der Waals surface area contributed by atoms with Crippen LogP contribution in [0.1, 0.15) is 114 Å². The molecule has 2 aromatic rings. The van der Waals surface area contributed by atoms with Gasteiger partial charge in [0.1, 0.15) is 11.4 Å². The van der Waals surface area contributed by atoms with Gasteiger partial charge < -0.3 is 24.7 Å². The second-order valence-corrected chi connectivity index (χ2v) is 17.0. The molecule has 0 aliphatic heterocycles. The summed E-state index contributed by atoms with van der Waals surface area (Å²) in [4.78, 5) is 16.5. The number of aliphatic hydroxyl groups is 2. The SMILES string of the molecule is CC#C[C@]1(O)CC[C@H]2[C@@H]3CCC4=CC(=O)CCC4=C3[C@@H](c3ccc(N(C)C)cc3)C[C@@]21C.COc1ccc(C(CN(C)C)C2(O)CCCCC2)cc1. The van der Waals surface area contributed by atoms with Crippen LogP contribution < -0.4 is 9.64 Å². The summed E-state index contributed by atoms with van der Waals surface area (Å²) in [6.45, 7) is 5.02. The van der Waals surface area contributed by atoms with Crippen molar-refractivity contribution in [3.05, 3.63) is 82.5 Å². The molecule has 0 bridgehead atoms. The summed E-state index contributed by atoms with van der Waals surface area (Å²) in [5.74, 6) is 8.80. The number of hydrogen-bond acceptors (Lipinski definition) is 6. The van der Waals surface area contributed by atoms with E-state index in [0.29, 0.717) is 18.3 Å². The molecule has 2 aromatic carbocycles. The maximum Gasteiger partial charge on any atom is 0.156 e. The number of carbonyl (C=O) groups is 1. The fraction of sp³-hybridized carbons (Fsp3) is 0.587. The molecule has 7 rings (SSSR count). The van der Waals surface area contributed by atoms with Crippen LogP contribution in [0.25, 0.3) is 0 Å². The molecule has 2 N–H and O–H groups in total. The third-order valence-electron chi connectivity index (χ3n) is 13.5.